The molecule has 0 amide bonds. The molecule has 3 rings (SSSR count). The highest BCUT2D eigenvalue weighted by atomic mass is 16.5. The Morgan fingerprint density at radius 3 is 2.43 bits per heavy atom. The average Bonchev–Trinajstić information content (AvgIpc) is 2.97. The Bertz CT molecular complexity index is 917. The molecule has 0 atom stereocenters. The maximum Gasteiger partial charge on any atom is 0.161 e. The maximum atomic E-state index is 5.78. The number of rotatable bonds is 8. The van der Waals surface area contributed by atoms with Crippen molar-refractivity contribution >= 4 is 0 Å². The molecule has 5 heteroatoms. The van der Waals surface area contributed by atoms with E-state index in [9.17, 15) is 0 Å². The number of hydrogen-bond acceptors (Lipinski definition) is 4. The largest absolute Gasteiger partial charge is 0.493 e. The summed E-state index contributed by atoms with van der Waals surface area (Å²) in [7, 11) is 1.67. The lowest BCUT2D eigenvalue weighted by molar-refractivity contribution is 0.230. The van der Waals surface area contributed by atoms with Gasteiger partial charge in [-0.15, -0.1) is 0 Å². The van der Waals surface area contributed by atoms with Crippen LogP contribution in [0.5, 0.6) is 11.5 Å². The first-order valence-corrected chi connectivity index (χ1v) is 9.64. The van der Waals surface area contributed by atoms with Gasteiger partial charge in [0.25, 0.3) is 0 Å². The number of aromatic nitrogens is 2. The highest BCUT2D eigenvalue weighted by Gasteiger charge is 2.13. The molecule has 2 aromatic carbocycles. The van der Waals surface area contributed by atoms with Gasteiger partial charge in [0.2, 0.25) is 0 Å². The molecule has 0 radical (unpaired) electrons. The molecule has 0 unspecified atom stereocenters. The van der Waals surface area contributed by atoms with Crippen molar-refractivity contribution in [2.45, 2.75) is 46.9 Å². The van der Waals surface area contributed by atoms with Crippen molar-refractivity contribution in [3.63, 3.8) is 0 Å². The van der Waals surface area contributed by atoms with E-state index in [-0.39, 0.29) is 6.10 Å². The minimum absolute atomic E-state index is 0.116. The Kier molecular flexibility index (Phi) is 6.37. The van der Waals surface area contributed by atoms with E-state index in [4.69, 9.17) is 14.6 Å². The van der Waals surface area contributed by atoms with Gasteiger partial charge in [-0.25, -0.2) is 4.68 Å². The van der Waals surface area contributed by atoms with Gasteiger partial charge in [-0.05, 0) is 57.5 Å². The van der Waals surface area contributed by atoms with Crippen LogP contribution < -0.4 is 14.8 Å². The zero-order valence-corrected chi connectivity index (χ0v) is 17.3. The van der Waals surface area contributed by atoms with Gasteiger partial charge in [-0.3, -0.25) is 0 Å². The summed E-state index contributed by atoms with van der Waals surface area (Å²) >= 11 is 0. The molecule has 5 nitrogen and oxygen atoms in total. The van der Waals surface area contributed by atoms with E-state index >= 15 is 0 Å². The van der Waals surface area contributed by atoms with Gasteiger partial charge in [0.1, 0.15) is 0 Å². The molecule has 0 bridgehead atoms. The van der Waals surface area contributed by atoms with E-state index in [1.54, 1.807) is 7.11 Å². The lowest BCUT2D eigenvalue weighted by Gasteiger charge is -2.15. The fourth-order valence-corrected chi connectivity index (χ4v) is 3.26. The molecule has 1 aromatic heterocycles. The number of methoxy groups -OCH3 is 1. The smallest absolute Gasteiger partial charge is 0.161 e. The first kappa shape index (κ1) is 20.0. The van der Waals surface area contributed by atoms with Crippen molar-refractivity contribution in [1.82, 2.24) is 15.1 Å². The van der Waals surface area contributed by atoms with Crippen LogP contribution in [0.15, 0.2) is 48.5 Å². The maximum absolute atomic E-state index is 5.78. The van der Waals surface area contributed by atoms with Crippen LogP contribution in [-0.4, -0.2) is 23.0 Å². The Hall–Kier alpha value is -2.79. The lowest BCUT2D eigenvalue weighted by atomic mass is 10.1. The van der Waals surface area contributed by atoms with Crippen LogP contribution in [-0.2, 0) is 13.1 Å². The van der Waals surface area contributed by atoms with E-state index in [1.165, 1.54) is 5.56 Å². The Balaban J connectivity index is 1.68. The molecule has 0 aliphatic rings. The summed E-state index contributed by atoms with van der Waals surface area (Å²) in [6, 6.07) is 16.3. The van der Waals surface area contributed by atoms with Crippen LogP contribution in [0.25, 0.3) is 5.69 Å². The van der Waals surface area contributed by atoms with Crippen molar-refractivity contribution in [3.05, 3.63) is 71.0 Å². The predicted molar refractivity (Wildman–Crippen MR) is 112 cm³/mol. The van der Waals surface area contributed by atoms with Crippen LogP contribution >= 0.6 is 0 Å². The lowest BCUT2D eigenvalue weighted by Crippen LogP contribution is -2.14. The first-order valence-electron chi connectivity index (χ1n) is 9.64. The van der Waals surface area contributed by atoms with E-state index < -0.39 is 0 Å². The van der Waals surface area contributed by atoms with Gasteiger partial charge in [0, 0.05) is 24.3 Å². The number of ether oxygens (including phenoxy) is 2. The molecule has 1 N–H and O–H groups in total. The van der Waals surface area contributed by atoms with E-state index in [0.717, 1.165) is 47.2 Å². The number of nitrogens with one attached hydrogen (secondary N) is 1. The molecule has 0 spiro atoms. The quantitative estimate of drug-likeness (QED) is 0.623. The number of benzene rings is 2. The molecular weight excluding hydrogens is 350 g/mol. The third kappa shape index (κ3) is 4.54. The van der Waals surface area contributed by atoms with Crippen molar-refractivity contribution in [3.8, 4) is 17.2 Å². The second-order valence-electron chi connectivity index (χ2n) is 7.15. The summed E-state index contributed by atoms with van der Waals surface area (Å²) in [6.07, 6.45) is 0.116. The van der Waals surface area contributed by atoms with Crippen molar-refractivity contribution in [2.24, 2.45) is 0 Å². The standard InChI is InChI=1S/C23H29N3O2/c1-16(2)28-22-12-11-19(13-23(22)27-5)14-24-15-21-17(3)25-26(18(21)4)20-9-7-6-8-10-20/h6-13,16,24H,14-15H2,1-5H3. The topological polar surface area (TPSA) is 48.3 Å². The number of nitrogens with zero attached hydrogens (tertiary/aromatic N) is 2. The molecule has 148 valence electrons. The van der Waals surface area contributed by atoms with Crippen LogP contribution in [0, 0.1) is 13.8 Å². The highest BCUT2D eigenvalue weighted by Crippen LogP contribution is 2.29. The SMILES string of the molecule is COc1cc(CNCc2c(C)nn(-c3ccccc3)c2C)ccc1OC(C)C. The Labute approximate surface area is 167 Å². The summed E-state index contributed by atoms with van der Waals surface area (Å²) in [4.78, 5) is 0. The zero-order chi connectivity index (χ0) is 20.1. The average molecular weight is 380 g/mol. The van der Waals surface area contributed by atoms with Gasteiger partial charge in [0.05, 0.1) is 24.6 Å². The molecule has 0 saturated heterocycles. The van der Waals surface area contributed by atoms with Crippen LogP contribution in [0.3, 0.4) is 0 Å². The Morgan fingerprint density at radius 2 is 1.75 bits per heavy atom. The highest BCUT2D eigenvalue weighted by molar-refractivity contribution is 5.43. The van der Waals surface area contributed by atoms with E-state index in [2.05, 4.69) is 37.4 Å². The fourth-order valence-electron chi connectivity index (χ4n) is 3.26. The zero-order valence-electron chi connectivity index (χ0n) is 17.3. The van der Waals surface area contributed by atoms with E-state index in [0.29, 0.717) is 0 Å². The molecule has 0 fully saturated rings. The summed E-state index contributed by atoms with van der Waals surface area (Å²) < 4.78 is 13.3. The minimum Gasteiger partial charge on any atom is -0.493 e. The molecule has 0 aliphatic heterocycles. The van der Waals surface area contributed by atoms with Crippen LogP contribution in [0.2, 0.25) is 0 Å². The summed E-state index contributed by atoms with van der Waals surface area (Å²) in [5.74, 6) is 1.54. The van der Waals surface area contributed by atoms with Crippen molar-refractivity contribution in [1.29, 1.82) is 0 Å². The van der Waals surface area contributed by atoms with E-state index in [1.807, 2.05) is 48.9 Å². The second-order valence-corrected chi connectivity index (χ2v) is 7.15. The second kappa shape index (κ2) is 8.93. The summed E-state index contributed by atoms with van der Waals surface area (Å²) in [5, 5.41) is 8.24. The van der Waals surface area contributed by atoms with Crippen molar-refractivity contribution in [2.75, 3.05) is 7.11 Å². The molecule has 0 aliphatic carbocycles. The Morgan fingerprint density at radius 1 is 1.00 bits per heavy atom. The van der Waals surface area contributed by atoms with Crippen molar-refractivity contribution < 1.29 is 9.47 Å². The monoisotopic (exact) mass is 379 g/mol. The normalized spacial score (nSPS) is 11.1. The molecule has 3 aromatic rings. The van der Waals surface area contributed by atoms with Gasteiger partial charge in [0.15, 0.2) is 11.5 Å². The molecule has 28 heavy (non-hydrogen) atoms. The number of hydrogen-bond donors (Lipinski definition) is 1. The van der Waals surface area contributed by atoms with Gasteiger partial charge in [-0.2, -0.15) is 5.10 Å². The van der Waals surface area contributed by atoms with Crippen LogP contribution in [0.4, 0.5) is 0 Å². The van der Waals surface area contributed by atoms with Gasteiger partial charge < -0.3 is 14.8 Å². The van der Waals surface area contributed by atoms with Gasteiger partial charge >= 0.3 is 0 Å². The number of aryl methyl sites for hydroxylation is 1. The number of para-hydroxylation sites is 1. The summed E-state index contributed by atoms with van der Waals surface area (Å²) in [5.41, 5.74) is 5.68. The van der Waals surface area contributed by atoms with Crippen LogP contribution in [0.1, 0.15) is 36.4 Å². The fraction of sp³-hybridized carbons (Fsp3) is 0.348. The molecule has 1 heterocycles. The summed E-state index contributed by atoms with van der Waals surface area (Å²) in [6.45, 7) is 9.70. The first-order chi connectivity index (χ1) is 13.5. The third-order valence-electron chi connectivity index (χ3n) is 4.66. The van der Waals surface area contributed by atoms with Gasteiger partial charge in [-0.1, -0.05) is 24.3 Å². The minimum atomic E-state index is 0.116. The molecular formula is C23H29N3O2. The predicted octanol–water partition coefficient (Wildman–Crippen LogP) is 4.57. The third-order valence-corrected chi connectivity index (χ3v) is 4.66. The molecule has 0 saturated carbocycles.